The molecule has 0 aromatic rings. The minimum Gasteiger partial charge on any atom is -0.481 e. The number of nitrogens with zero attached hydrogens (tertiary/aromatic N) is 1. The summed E-state index contributed by atoms with van der Waals surface area (Å²) in [5, 5.41) is 8.97. The smallest absolute Gasteiger partial charge is 0.306 e. The van der Waals surface area contributed by atoms with Crippen molar-refractivity contribution in [1.82, 2.24) is 4.90 Å². The highest BCUT2D eigenvalue weighted by atomic mass is 16.4. The zero-order valence-electron chi connectivity index (χ0n) is 11.7. The van der Waals surface area contributed by atoms with Crippen LogP contribution in [-0.4, -0.2) is 35.0 Å². The summed E-state index contributed by atoms with van der Waals surface area (Å²) in [5.74, 6) is -0.487. The van der Waals surface area contributed by atoms with Crippen molar-refractivity contribution < 1.29 is 14.7 Å². The molecule has 0 heterocycles. The minimum absolute atomic E-state index is 0.0740. The number of carbonyl (C=O) groups is 2. The van der Waals surface area contributed by atoms with Gasteiger partial charge in [-0.2, -0.15) is 0 Å². The van der Waals surface area contributed by atoms with Gasteiger partial charge >= 0.3 is 5.97 Å². The Bertz CT molecular complexity index is 303. The normalized spacial score (nSPS) is 24.8. The predicted octanol–water partition coefficient (Wildman–Crippen LogP) is 2.38. The first-order valence-electron chi connectivity index (χ1n) is 7.01. The molecule has 1 N–H and O–H groups in total. The molecule has 0 aliphatic heterocycles. The molecule has 3 unspecified atom stereocenters. The zero-order valence-corrected chi connectivity index (χ0v) is 11.7. The molecule has 0 radical (unpaired) electrons. The van der Waals surface area contributed by atoms with Gasteiger partial charge in [-0.05, 0) is 32.1 Å². The molecule has 0 aromatic heterocycles. The Morgan fingerprint density at radius 1 is 1.28 bits per heavy atom. The van der Waals surface area contributed by atoms with Crippen molar-refractivity contribution in [2.24, 2.45) is 17.8 Å². The van der Waals surface area contributed by atoms with E-state index < -0.39 is 5.97 Å². The van der Waals surface area contributed by atoms with Crippen LogP contribution in [0.5, 0.6) is 0 Å². The Balaban J connectivity index is 2.54. The highest BCUT2D eigenvalue weighted by Crippen LogP contribution is 2.32. The lowest BCUT2D eigenvalue weighted by atomic mass is 10.0. The second kappa shape index (κ2) is 6.76. The van der Waals surface area contributed by atoms with Gasteiger partial charge in [-0.25, -0.2) is 0 Å². The van der Waals surface area contributed by atoms with Crippen LogP contribution in [0, 0.1) is 17.8 Å². The van der Waals surface area contributed by atoms with Gasteiger partial charge in [0, 0.05) is 19.0 Å². The molecule has 0 saturated heterocycles. The molecular formula is C14H25NO3. The first-order valence-corrected chi connectivity index (χ1v) is 7.01. The van der Waals surface area contributed by atoms with Gasteiger partial charge < -0.3 is 10.0 Å². The molecule has 0 spiro atoms. The van der Waals surface area contributed by atoms with Crippen molar-refractivity contribution >= 4 is 11.9 Å². The zero-order chi connectivity index (χ0) is 13.7. The fraction of sp³-hybridized carbons (Fsp3) is 0.857. The number of amides is 1. The molecule has 1 fully saturated rings. The Kier molecular flexibility index (Phi) is 5.63. The lowest BCUT2D eigenvalue weighted by Crippen LogP contribution is -2.38. The monoisotopic (exact) mass is 255 g/mol. The van der Waals surface area contributed by atoms with Crippen molar-refractivity contribution in [1.29, 1.82) is 0 Å². The standard InChI is InChI=1S/C14H25NO3/c1-4-10(3)9-15(5-2)13(16)11-6-7-12(8-11)14(17)18/h10-12H,4-9H2,1-3H3,(H,17,18). The van der Waals surface area contributed by atoms with Crippen molar-refractivity contribution in [2.75, 3.05) is 13.1 Å². The van der Waals surface area contributed by atoms with Crippen LogP contribution in [0.4, 0.5) is 0 Å². The van der Waals surface area contributed by atoms with Crippen LogP contribution in [-0.2, 0) is 9.59 Å². The van der Waals surface area contributed by atoms with E-state index in [0.717, 1.165) is 25.9 Å². The van der Waals surface area contributed by atoms with Gasteiger partial charge in [0.1, 0.15) is 0 Å². The first kappa shape index (κ1) is 15.0. The van der Waals surface area contributed by atoms with Gasteiger partial charge in [0.25, 0.3) is 0 Å². The summed E-state index contributed by atoms with van der Waals surface area (Å²) in [6.07, 6.45) is 2.96. The number of hydrogen-bond acceptors (Lipinski definition) is 2. The molecule has 4 heteroatoms. The van der Waals surface area contributed by atoms with E-state index in [4.69, 9.17) is 5.11 Å². The molecule has 1 rings (SSSR count). The number of aliphatic carboxylic acids is 1. The average molecular weight is 255 g/mol. The Labute approximate surface area is 109 Å². The molecule has 0 aromatic carbocycles. The van der Waals surface area contributed by atoms with E-state index in [1.165, 1.54) is 0 Å². The third kappa shape index (κ3) is 3.72. The number of hydrogen-bond donors (Lipinski definition) is 1. The molecule has 4 nitrogen and oxygen atoms in total. The van der Waals surface area contributed by atoms with Crippen LogP contribution in [0.3, 0.4) is 0 Å². The third-order valence-electron chi connectivity index (χ3n) is 4.05. The summed E-state index contributed by atoms with van der Waals surface area (Å²) in [4.78, 5) is 25.1. The van der Waals surface area contributed by atoms with Gasteiger partial charge in [0.05, 0.1) is 5.92 Å². The van der Waals surface area contributed by atoms with Gasteiger partial charge in [0.15, 0.2) is 0 Å². The maximum Gasteiger partial charge on any atom is 0.306 e. The molecule has 0 bridgehead atoms. The van der Waals surface area contributed by atoms with E-state index in [1.807, 2.05) is 11.8 Å². The quantitative estimate of drug-likeness (QED) is 0.792. The summed E-state index contributed by atoms with van der Waals surface area (Å²) in [7, 11) is 0. The first-order chi connectivity index (χ1) is 8.49. The molecule has 1 aliphatic carbocycles. The predicted molar refractivity (Wildman–Crippen MR) is 70.2 cm³/mol. The second-order valence-corrected chi connectivity index (χ2v) is 5.44. The van der Waals surface area contributed by atoms with Gasteiger partial charge in [0.2, 0.25) is 5.91 Å². The summed E-state index contributed by atoms with van der Waals surface area (Å²) in [6, 6.07) is 0. The lowest BCUT2D eigenvalue weighted by Gasteiger charge is -2.26. The Hall–Kier alpha value is -1.06. The van der Waals surface area contributed by atoms with Crippen molar-refractivity contribution in [3.8, 4) is 0 Å². The summed E-state index contributed by atoms with van der Waals surface area (Å²) >= 11 is 0. The van der Waals surface area contributed by atoms with Crippen LogP contribution in [0.15, 0.2) is 0 Å². The van der Waals surface area contributed by atoms with Crippen LogP contribution in [0.25, 0.3) is 0 Å². The molecule has 3 atom stereocenters. The van der Waals surface area contributed by atoms with E-state index >= 15 is 0 Å². The number of rotatable bonds is 6. The fourth-order valence-electron chi connectivity index (χ4n) is 2.57. The van der Waals surface area contributed by atoms with Crippen molar-refractivity contribution in [3.63, 3.8) is 0 Å². The summed E-state index contributed by atoms with van der Waals surface area (Å²) in [5.41, 5.74) is 0. The minimum atomic E-state index is -0.754. The number of carbonyl (C=O) groups excluding carboxylic acids is 1. The van der Waals surface area contributed by atoms with E-state index in [9.17, 15) is 9.59 Å². The SMILES string of the molecule is CCC(C)CN(CC)C(=O)C1CCC(C(=O)O)C1. The molecule has 1 aliphatic rings. The van der Waals surface area contributed by atoms with E-state index in [1.54, 1.807) is 0 Å². The number of carboxylic acid groups (broad SMARTS) is 1. The molecule has 1 saturated carbocycles. The topological polar surface area (TPSA) is 57.6 Å². The summed E-state index contributed by atoms with van der Waals surface area (Å²) in [6.45, 7) is 7.77. The van der Waals surface area contributed by atoms with Crippen molar-refractivity contribution in [3.05, 3.63) is 0 Å². The summed E-state index contributed by atoms with van der Waals surface area (Å²) < 4.78 is 0. The molecule has 104 valence electrons. The van der Waals surface area contributed by atoms with Crippen LogP contribution in [0.2, 0.25) is 0 Å². The van der Waals surface area contributed by atoms with E-state index in [-0.39, 0.29) is 17.7 Å². The largest absolute Gasteiger partial charge is 0.481 e. The number of carboxylic acids is 1. The maximum absolute atomic E-state index is 12.3. The third-order valence-corrected chi connectivity index (χ3v) is 4.05. The van der Waals surface area contributed by atoms with Crippen LogP contribution < -0.4 is 0 Å². The van der Waals surface area contributed by atoms with E-state index in [0.29, 0.717) is 18.8 Å². The average Bonchev–Trinajstić information content (AvgIpc) is 2.84. The Morgan fingerprint density at radius 2 is 1.89 bits per heavy atom. The second-order valence-electron chi connectivity index (χ2n) is 5.44. The fourth-order valence-corrected chi connectivity index (χ4v) is 2.57. The van der Waals surface area contributed by atoms with Gasteiger partial charge in [-0.15, -0.1) is 0 Å². The Morgan fingerprint density at radius 3 is 2.33 bits per heavy atom. The van der Waals surface area contributed by atoms with Crippen LogP contribution >= 0.6 is 0 Å². The molecular weight excluding hydrogens is 230 g/mol. The molecule has 18 heavy (non-hydrogen) atoms. The van der Waals surface area contributed by atoms with Crippen molar-refractivity contribution in [2.45, 2.75) is 46.5 Å². The van der Waals surface area contributed by atoms with E-state index in [2.05, 4.69) is 13.8 Å². The maximum atomic E-state index is 12.3. The van der Waals surface area contributed by atoms with Gasteiger partial charge in [-0.3, -0.25) is 9.59 Å². The van der Waals surface area contributed by atoms with Gasteiger partial charge in [-0.1, -0.05) is 20.3 Å². The highest BCUT2D eigenvalue weighted by molar-refractivity contribution is 5.81. The van der Waals surface area contributed by atoms with Crippen LogP contribution in [0.1, 0.15) is 46.5 Å². The highest BCUT2D eigenvalue weighted by Gasteiger charge is 2.35. The molecule has 1 amide bonds. The lowest BCUT2D eigenvalue weighted by molar-refractivity contribution is -0.141.